The molecule has 0 aliphatic carbocycles. The first-order chi connectivity index (χ1) is 8.86. The molecule has 0 saturated carbocycles. The van der Waals surface area contributed by atoms with Crippen LogP contribution in [0, 0.1) is 26.2 Å². The van der Waals surface area contributed by atoms with Crippen LogP contribution in [-0.2, 0) is 5.67 Å². The zero-order valence-electron chi connectivity index (χ0n) is 10.4. The first-order valence-corrected chi connectivity index (χ1v) is 5.27. The Morgan fingerprint density at radius 3 is 1.45 bits per heavy atom. The molecule has 0 saturated heterocycles. The van der Waals surface area contributed by atoms with E-state index >= 15 is 0 Å². The minimum Gasteiger partial charge on any atom is -0.218 e. The summed E-state index contributed by atoms with van der Waals surface area (Å²) in [5.74, 6) is 2.13. The normalized spacial score (nSPS) is 13.2. The minimum atomic E-state index is -6.12. The van der Waals surface area contributed by atoms with Crippen LogP contribution in [0.5, 0.6) is 0 Å². The van der Waals surface area contributed by atoms with E-state index < -0.39 is 23.6 Å². The molecule has 0 heterocycles. The maximum absolute atomic E-state index is 13.8. The second-order valence-electron chi connectivity index (χ2n) is 4.28. The molecule has 0 amide bonds. The van der Waals surface area contributed by atoms with Gasteiger partial charge in [0.25, 0.3) is 0 Å². The Morgan fingerprint density at radius 2 is 1.20 bits per heavy atom. The standard InChI is InChI=1S/C13H9F7/c1-4-10-7(2)5-9(6-8(10)3)11(14,12(15,16)17)13(18,19)20/h1,5-6H,2-3H3. The van der Waals surface area contributed by atoms with Crippen LogP contribution in [0.2, 0.25) is 0 Å². The van der Waals surface area contributed by atoms with Gasteiger partial charge in [0.05, 0.1) is 0 Å². The molecule has 0 aromatic heterocycles. The van der Waals surface area contributed by atoms with Gasteiger partial charge in [-0.1, -0.05) is 18.1 Å². The molecule has 0 radical (unpaired) electrons. The summed E-state index contributed by atoms with van der Waals surface area (Å²) in [5, 5.41) is 0. The van der Waals surface area contributed by atoms with Gasteiger partial charge in [-0.3, -0.25) is 0 Å². The van der Waals surface area contributed by atoms with Crippen LogP contribution >= 0.6 is 0 Å². The van der Waals surface area contributed by atoms with Gasteiger partial charge >= 0.3 is 18.0 Å². The summed E-state index contributed by atoms with van der Waals surface area (Å²) in [7, 11) is 0. The summed E-state index contributed by atoms with van der Waals surface area (Å²) in [6.07, 6.45) is -7.15. The Hall–Kier alpha value is -1.71. The molecule has 1 aromatic rings. The number of alkyl halides is 7. The van der Waals surface area contributed by atoms with E-state index in [9.17, 15) is 30.7 Å². The lowest BCUT2D eigenvalue weighted by molar-refractivity contribution is -0.348. The molecule has 20 heavy (non-hydrogen) atoms. The number of aryl methyl sites for hydroxylation is 2. The van der Waals surface area contributed by atoms with E-state index in [1.54, 1.807) is 0 Å². The van der Waals surface area contributed by atoms with Crippen molar-refractivity contribution in [2.45, 2.75) is 31.9 Å². The van der Waals surface area contributed by atoms with E-state index in [1.807, 2.05) is 0 Å². The highest BCUT2D eigenvalue weighted by molar-refractivity contribution is 5.49. The summed E-state index contributed by atoms with van der Waals surface area (Å²) in [5.41, 5.74) is -6.87. The van der Waals surface area contributed by atoms with Gasteiger partial charge in [0, 0.05) is 11.1 Å². The van der Waals surface area contributed by atoms with Crippen molar-refractivity contribution in [2.24, 2.45) is 0 Å². The van der Waals surface area contributed by atoms with Gasteiger partial charge in [-0.15, -0.1) is 6.42 Å². The maximum Gasteiger partial charge on any atom is 0.435 e. The van der Waals surface area contributed by atoms with Gasteiger partial charge in [-0.05, 0) is 25.0 Å². The Morgan fingerprint density at radius 1 is 0.850 bits per heavy atom. The molecule has 0 unspecified atom stereocenters. The summed E-state index contributed by atoms with van der Waals surface area (Å²) in [6.45, 7) is 2.44. The third-order valence-electron chi connectivity index (χ3n) is 2.86. The average Bonchev–Trinajstić information content (AvgIpc) is 2.24. The number of terminal acetylenes is 1. The van der Waals surface area contributed by atoms with Crippen LogP contribution in [-0.4, -0.2) is 12.4 Å². The van der Waals surface area contributed by atoms with Crippen LogP contribution in [0.15, 0.2) is 12.1 Å². The predicted octanol–water partition coefficient (Wildman–Crippen LogP) is 4.57. The third-order valence-corrected chi connectivity index (χ3v) is 2.86. The highest BCUT2D eigenvalue weighted by atomic mass is 19.4. The van der Waals surface area contributed by atoms with Crippen molar-refractivity contribution in [3.8, 4) is 12.3 Å². The van der Waals surface area contributed by atoms with Crippen molar-refractivity contribution >= 4 is 0 Å². The topological polar surface area (TPSA) is 0 Å². The van der Waals surface area contributed by atoms with Gasteiger partial charge < -0.3 is 0 Å². The summed E-state index contributed by atoms with van der Waals surface area (Å²) in [6, 6.07) is 0.951. The van der Waals surface area contributed by atoms with Crippen molar-refractivity contribution in [2.75, 3.05) is 0 Å². The highest BCUT2D eigenvalue weighted by Gasteiger charge is 2.73. The SMILES string of the molecule is C#Cc1c(C)cc(C(F)(C(F)(F)F)C(F)(F)F)cc1C. The molecule has 7 heteroatoms. The number of hydrogen-bond acceptors (Lipinski definition) is 0. The molecule has 1 rings (SSSR count). The molecule has 0 atom stereocenters. The summed E-state index contributed by atoms with van der Waals surface area (Å²) in [4.78, 5) is 0. The van der Waals surface area contributed by atoms with Crippen molar-refractivity contribution in [3.63, 3.8) is 0 Å². The minimum absolute atomic E-state index is 0.0296. The van der Waals surface area contributed by atoms with E-state index in [0.717, 1.165) is 0 Å². The number of benzene rings is 1. The van der Waals surface area contributed by atoms with Crippen molar-refractivity contribution in [3.05, 3.63) is 34.4 Å². The fourth-order valence-corrected chi connectivity index (χ4v) is 1.88. The average molecular weight is 298 g/mol. The van der Waals surface area contributed by atoms with Gasteiger partial charge in [0.15, 0.2) is 0 Å². The zero-order valence-corrected chi connectivity index (χ0v) is 10.4. The van der Waals surface area contributed by atoms with Crippen molar-refractivity contribution in [1.29, 1.82) is 0 Å². The van der Waals surface area contributed by atoms with Gasteiger partial charge in [0.2, 0.25) is 0 Å². The monoisotopic (exact) mass is 298 g/mol. The van der Waals surface area contributed by atoms with Crippen LogP contribution in [0.1, 0.15) is 22.3 Å². The maximum atomic E-state index is 13.8. The van der Waals surface area contributed by atoms with Crippen LogP contribution < -0.4 is 0 Å². The fourth-order valence-electron chi connectivity index (χ4n) is 1.88. The molecular formula is C13H9F7. The Balaban J connectivity index is 3.67. The first-order valence-electron chi connectivity index (χ1n) is 5.27. The molecule has 0 fully saturated rings. The molecule has 110 valence electrons. The smallest absolute Gasteiger partial charge is 0.218 e. The van der Waals surface area contributed by atoms with Gasteiger partial charge in [-0.25, -0.2) is 4.39 Å². The van der Waals surface area contributed by atoms with E-state index in [2.05, 4.69) is 5.92 Å². The lowest BCUT2D eigenvalue weighted by atomic mass is 9.89. The molecule has 0 aliphatic heterocycles. The van der Waals surface area contributed by atoms with E-state index in [4.69, 9.17) is 6.42 Å². The molecular weight excluding hydrogens is 289 g/mol. The lowest BCUT2D eigenvalue weighted by Crippen LogP contribution is -2.50. The van der Waals surface area contributed by atoms with Crippen LogP contribution in [0.4, 0.5) is 30.7 Å². The van der Waals surface area contributed by atoms with Gasteiger partial charge in [-0.2, -0.15) is 26.3 Å². The number of rotatable bonds is 1. The second kappa shape index (κ2) is 4.69. The molecule has 0 nitrogen and oxygen atoms in total. The predicted molar refractivity (Wildman–Crippen MR) is 58.7 cm³/mol. The third kappa shape index (κ3) is 2.35. The van der Waals surface area contributed by atoms with Crippen LogP contribution in [0.25, 0.3) is 0 Å². The van der Waals surface area contributed by atoms with Gasteiger partial charge in [0.1, 0.15) is 0 Å². The quantitative estimate of drug-likeness (QED) is 0.526. The lowest BCUT2D eigenvalue weighted by Gasteiger charge is -2.31. The summed E-state index contributed by atoms with van der Waals surface area (Å²) < 4.78 is 89.4. The van der Waals surface area contributed by atoms with Crippen molar-refractivity contribution < 1.29 is 30.7 Å². The van der Waals surface area contributed by atoms with E-state index in [0.29, 0.717) is 12.1 Å². The number of halogens is 7. The van der Waals surface area contributed by atoms with Crippen LogP contribution in [0.3, 0.4) is 0 Å². The Labute approximate surface area is 110 Å². The molecule has 0 N–H and O–H groups in total. The van der Waals surface area contributed by atoms with E-state index in [1.165, 1.54) is 13.8 Å². The molecule has 0 aliphatic rings. The summed E-state index contributed by atoms with van der Waals surface area (Å²) >= 11 is 0. The molecule has 0 bridgehead atoms. The fraction of sp³-hybridized carbons (Fsp3) is 0.385. The number of hydrogen-bond donors (Lipinski definition) is 0. The van der Waals surface area contributed by atoms with Crippen molar-refractivity contribution in [1.82, 2.24) is 0 Å². The largest absolute Gasteiger partial charge is 0.435 e. The Kier molecular flexibility index (Phi) is 3.83. The molecule has 1 aromatic carbocycles. The zero-order chi connectivity index (χ0) is 15.9. The first kappa shape index (κ1) is 16.3. The highest BCUT2D eigenvalue weighted by Crippen LogP contribution is 2.53. The molecule has 0 spiro atoms. The Bertz CT molecular complexity index is 521. The van der Waals surface area contributed by atoms with E-state index in [-0.39, 0.29) is 16.7 Å². The second-order valence-corrected chi connectivity index (χ2v) is 4.28.